The van der Waals surface area contributed by atoms with Crippen LogP contribution in [0.5, 0.6) is 0 Å². The Labute approximate surface area is 218 Å². The van der Waals surface area contributed by atoms with Crippen molar-refractivity contribution in [3.05, 3.63) is 129 Å². The van der Waals surface area contributed by atoms with Crippen molar-refractivity contribution >= 4 is 56.2 Å². The van der Waals surface area contributed by atoms with Crippen molar-refractivity contribution in [1.29, 1.82) is 0 Å². The van der Waals surface area contributed by atoms with Crippen LogP contribution in [0.1, 0.15) is 11.1 Å². The van der Waals surface area contributed by atoms with Gasteiger partial charge in [-0.2, -0.15) is 0 Å². The van der Waals surface area contributed by atoms with E-state index in [1.54, 1.807) is 66.7 Å². The monoisotopic (exact) mass is 533 g/mol. The molecule has 1 amide bonds. The van der Waals surface area contributed by atoms with Crippen LogP contribution < -0.4 is 10.0 Å². The van der Waals surface area contributed by atoms with E-state index < -0.39 is 20.9 Å². The Morgan fingerprint density at radius 2 is 1.41 bits per heavy atom. The van der Waals surface area contributed by atoms with E-state index in [4.69, 9.17) is 11.6 Å². The molecule has 0 aromatic heterocycles. The first-order valence-electron chi connectivity index (χ1n) is 10.9. The van der Waals surface area contributed by atoms with Crippen LogP contribution in [-0.2, 0) is 14.8 Å². The van der Waals surface area contributed by atoms with Crippen molar-refractivity contribution in [2.45, 2.75) is 4.90 Å². The molecule has 4 aromatic rings. The van der Waals surface area contributed by atoms with E-state index in [9.17, 15) is 23.3 Å². The molecule has 186 valence electrons. The Hall–Kier alpha value is -4.47. The van der Waals surface area contributed by atoms with E-state index >= 15 is 0 Å². The molecule has 0 unspecified atom stereocenters. The fourth-order valence-corrected chi connectivity index (χ4v) is 4.59. The summed E-state index contributed by atoms with van der Waals surface area (Å²) in [6.45, 7) is 0. The van der Waals surface area contributed by atoms with Crippen molar-refractivity contribution in [1.82, 2.24) is 0 Å². The number of nitro benzene ring substituents is 1. The molecule has 4 rings (SSSR count). The molecule has 0 heterocycles. The van der Waals surface area contributed by atoms with Crippen molar-refractivity contribution in [2.75, 3.05) is 10.0 Å². The topological polar surface area (TPSA) is 118 Å². The molecule has 0 spiro atoms. The van der Waals surface area contributed by atoms with E-state index in [1.807, 2.05) is 6.07 Å². The van der Waals surface area contributed by atoms with E-state index in [0.29, 0.717) is 33.1 Å². The van der Waals surface area contributed by atoms with Gasteiger partial charge in [0.2, 0.25) is 0 Å². The van der Waals surface area contributed by atoms with Gasteiger partial charge in [-0.25, -0.2) is 8.42 Å². The van der Waals surface area contributed by atoms with Gasteiger partial charge in [0, 0.05) is 34.1 Å². The van der Waals surface area contributed by atoms with Crippen molar-refractivity contribution < 1.29 is 18.1 Å². The number of benzene rings is 4. The third kappa shape index (κ3) is 6.60. The van der Waals surface area contributed by atoms with E-state index in [2.05, 4.69) is 10.0 Å². The van der Waals surface area contributed by atoms with Gasteiger partial charge in [0.15, 0.2) is 0 Å². The first kappa shape index (κ1) is 25.6. The number of carbonyl (C=O) groups excluding carboxylic acids is 1. The van der Waals surface area contributed by atoms with Crippen LogP contribution in [0.2, 0.25) is 5.02 Å². The van der Waals surface area contributed by atoms with Crippen LogP contribution in [0.3, 0.4) is 0 Å². The zero-order chi connectivity index (χ0) is 26.4. The van der Waals surface area contributed by atoms with Gasteiger partial charge in [0.1, 0.15) is 0 Å². The van der Waals surface area contributed by atoms with Gasteiger partial charge in [-0.05, 0) is 77.9 Å². The zero-order valence-corrected chi connectivity index (χ0v) is 20.7. The number of carbonyl (C=O) groups is 1. The van der Waals surface area contributed by atoms with Gasteiger partial charge >= 0.3 is 0 Å². The molecule has 0 aliphatic heterocycles. The molecule has 0 fully saturated rings. The Morgan fingerprint density at radius 3 is 2.00 bits per heavy atom. The van der Waals surface area contributed by atoms with Crippen molar-refractivity contribution in [3.8, 4) is 0 Å². The van der Waals surface area contributed by atoms with E-state index in [0.717, 1.165) is 0 Å². The number of nitrogens with zero attached hydrogens (tertiary/aromatic N) is 1. The maximum absolute atomic E-state index is 13.2. The number of non-ortho nitro benzene ring substituents is 1. The summed E-state index contributed by atoms with van der Waals surface area (Å²) in [5, 5.41) is 14.2. The lowest BCUT2D eigenvalue weighted by Crippen LogP contribution is -2.15. The highest BCUT2D eigenvalue weighted by Crippen LogP contribution is 2.24. The number of nitro groups is 1. The number of amides is 1. The van der Waals surface area contributed by atoms with Crippen LogP contribution in [-0.4, -0.2) is 19.2 Å². The zero-order valence-electron chi connectivity index (χ0n) is 19.2. The molecule has 0 atom stereocenters. The molecule has 0 radical (unpaired) electrons. The lowest BCUT2D eigenvalue weighted by molar-refractivity contribution is -0.384. The quantitative estimate of drug-likeness (QED) is 0.120. The van der Waals surface area contributed by atoms with Gasteiger partial charge < -0.3 is 5.32 Å². The minimum absolute atomic E-state index is 0.0187. The number of hydrogen-bond acceptors (Lipinski definition) is 5. The molecule has 2 N–H and O–H groups in total. The normalized spacial score (nSPS) is 11.5. The Kier molecular flexibility index (Phi) is 7.66. The number of halogens is 1. The average Bonchev–Trinajstić information content (AvgIpc) is 2.89. The minimum Gasteiger partial charge on any atom is -0.322 e. The number of rotatable bonds is 8. The third-order valence-electron chi connectivity index (χ3n) is 5.26. The summed E-state index contributed by atoms with van der Waals surface area (Å²) < 4.78 is 27.9. The largest absolute Gasteiger partial charge is 0.322 e. The molecule has 10 heteroatoms. The molecule has 0 aliphatic carbocycles. The van der Waals surface area contributed by atoms with E-state index in [-0.39, 0.29) is 10.6 Å². The average molecular weight is 534 g/mol. The number of hydrogen-bond donors (Lipinski definition) is 2. The number of sulfonamides is 1. The van der Waals surface area contributed by atoms with Crippen molar-refractivity contribution in [3.63, 3.8) is 0 Å². The molecular weight excluding hydrogens is 514 g/mol. The fraction of sp³-hybridized carbons (Fsp3) is 0. The van der Waals surface area contributed by atoms with Crippen LogP contribution >= 0.6 is 11.6 Å². The van der Waals surface area contributed by atoms with Gasteiger partial charge in [-0.3, -0.25) is 19.6 Å². The Balaban J connectivity index is 1.55. The molecule has 0 bridgehead atoms. The Morgan fingerprint density at radius 1 is 0.811 bits per heavy atom. The summed E-state index contributed by atoms with van der Waals surface area (Å²) in [4.78, 5) is 23.7. The number of anilines is 2. The molecule has 0 saturated carbocycles. The summed E-state index contributed by atoms with van der Waals surface area (Å²) >= 11 is 5.84. The molecule has 4 aromatic carbocycles. The second-order valence-corrected chi connectivity index (χ2v) is 9.98. The van der Waals surface area contributed by atoms with Crippen LogP contribution in [0.15, 0.2) is 108 Å². The van der Waals surface area contributed by atoms with Gasteiger partial charge in [0.05, 0.1) is 9.82 Å². The highest BCUT2D eigenvalue weighted by molar-refractivity contribution is 7.92. The second-order valence-electron chi connectivity index (χ2n) is 7.86. The van der Waals surface area contributed by atoms with Crippen LogP contribution in [0, 0.1) is 10.1 Å². The smallest absolute Gasteiger partial charge is 0.269 e. The van der Waals surface area contributed by atoms with Crippen LogP contribution in [0.4, 0.5) is 17.1 Å². The van der Waals surface area contributed by atoms with E-state index in [1.165, 1.54) is 36.4 Å². The lowest BCUT2D eigenvalue weighted by Gasteiger charge is -2.11. The SMILES string of the molecule is O=C(Nc1ccc(S(=O)(=O)Nc2ccc(Cl)cc2)cc1)/C(=C/c1ccc([N+](=O)[O-])cc1)c1ccccc1. The first-order chi connectivity index (χ1) is 17.7. The summed E-state index contributed by atoms with van der Waals surface area (Å²) in [5.74, 6) is -0.431. The summed E-state index contributed by atoms with van der Waals surface area (Å²) in [6.07, 6.45) is 1.63. The van der Waals surface area contributed by atoms with Crippen LogP contribution in [0.25, 0.3) is 11.6 Å². The standard InChI is InChI=1S/C27H20ClN3O5S/c28-21-8-10-23(11-9-21)30-37(35,36)25-16-12-22(13-17-25)29-27(32)26(20-4-2-1-3-5-20)18-19-6-14-24(15-7-19)31(33)34/h1-18,30H,(H,29,32)/b26-18+. The number of nitrogens with one attached hydrogen (secondary N) is 2. The molecule has 37 heavy (non-hydrogen) atoms. The Bertz CT molecular complexity index is 1550. The molecule has 0 aliphatic rings. The van der Waals surface area contributed by atoms with Gasteiger partial charge in [-0.15, -0.1) is 0 Å². The molecule has 0 saturated heterocycles. The van der Waals surface area contributed by atoms with Gasteiger partial charge in [-0.1, -0.05) is 41.9 Å². The molecule has 8 nitrogen and oxygen atoms in total. The lowest BCUT2D eigenvalue weighted by atomic mass is 10.0. The predicted molar refractivity (Wildman–Crippen MR) is 145 cm³/mol. The minimum atomic E-state index is -3.85. The fourth-order valence-electron chi connectivity index (χ4n) is 3.40. The summed E-state index contributed by atoms with van der Waals surface area (Å²) in [7, 11) is -3.85. The highest BCUT2D eigenvalue weighted by Gasteiger charge is 2.16. The summed E-state index contributed by atoms with van der Waals surface area (Å²) in [6, 6.07) is 26.8. The first-order valence-corrected chi connectivity index (χ1v) is 12.8. The van der Waals surface area contributed by atoms with Gasteiger partial charge in [0.25, 0.3) is 21.6 Å². The molecular formula is C27H20ClN3O5S. The highest BCUT2D eigenvalue weighted by atomic mass is 35.5. The summed E-state index contributed by atoms with van der Waals surface area (Å²) in [5.41, 5.74) is 2.28. The third-order valence-corrected chi connectivity index (χ3v) is 6.91. The predicted octanol–water partition coefficient (Wildman–Crippen LogP) is 6.23. The maximum atomic E-state index is 13.2. The second kappa shape index (κ2) is 11.1. The van der Waals surface area contributed by atoms with Crippen molar-refractivity contribution in [2.24, 2.45) is 0 Å². The maximum Gasteiger partial charge on any atom is 0.269 e.